The molecule has 2 heterocycles. The van der Waals surface area contributed by atoms with Gasteiger partial charge in [0.2, 0.25) is 5.56 Å². The van der Waals surface area contributed by atoms with E-state index in [9.17, 15) is 9.59 Å². The van der Waals surface area contributed by atoms with E-state index in [-0.39, 0.29) is 16.8 Å². The van der Waals surface area contributed by atoms with E-state index in [0.717, 1.165) is 25.9 Å². The highest BCUT2D eigenvalue weighted by Crippen LogP contribution is 2.34. The zero-order chi connectivity index (χ0) is 13.9. The Hall–Kier alpha value is -1.42. The third-order valence-corrected chi connectivity index (χ3v) is 4.14. The van der Waals surface area contributed by atoms with Crippen molar-refractivity contribution in [2.24, 2.45) is 11.3 Å². The fourth-order valence-corrected chi connectivity index (χ4v) is 2.81. The third kappa shape index (κ3) is 3.53. The lowest BCUT2D eigenvalue weighted by Gasteiger charge is -2.39. The highest BCUT2D eigenvalue weighted by atomic mass is 16.1. The molecular formula is C15H22N2O2. The van der Waals surface area contributed by atoms with Gasteiger partial charge in [-0.15, -0.1) is 0 Å². The van der Waals surface area contributed by atoms with Gasteiger partial charge in [-0.1, -0.05) is 19.9 Å². The van der Waals surface area contributed by atoms with Gasteiger partial charge >= 0.3 is 0 Å². The monoisotopic (exact) mass is 262 g/mol. The smallest absolute Gasteiger partial charge is 0.248 e. The Bertz CT molecular complexity index is 505. The summed E-state index contributed by atoms with van der Waals surface area (Å²) in [7, 11) is 0. The number of pyridine rings is 1. The van der Waals surface area contributed by atoms with Gasteiger partial charge in [0, 0.05) is 19.0 Å². The lowest BCUT2D eigenvalue weighted by Crippen LogP contribution is -2.42. The van der Waals surface area contributed by atoms with Crippen molar-refractivity contribution in [2.45, 2.75) is 33.1 Å². The molecule has 104 valence electrons. The molecule has 1 saturated heterocycles. The van der Waals surface area contributed by atoms with Crippen molar-refractivity contribution < 1.29 is 4.79 Å². The van der Waals surface area contributed by atoms with Crippen LogP contribution in [0.15, 0.2) is 23.0 Å². The van der Waals surface area contributed by atoms with Crippen LogP contribution in [0.3, 0.4) is 0 Å². The number of rotatable bonds is 4. The number of hydrogen-bond donors (Lipinski definition) is 2. The lowest BCUT2D eigenvalue weighted by molar-refractivity contribution is 0.0929. The molecule has 0 saturated carbocycles. The second-order valence-electron chi connectivity index (χ2n) is 6.04. The van der Waals surface area contributed by atoms with E-state index >= 15 is 0 Å². The van der Waals surface area contributed by atoms with E-state index in [4.69, 9.17) is 0 Å². The molecule has 0 aromatic carbocycles. The zero-order valence-electron chi connectivity index (χ0n) is 11.7. The molecular weight excluding hydrogens is 240 g/mol. The Balaban J connectivity index is 1.95. The fraction of sp³-hybridized carbons (Fsp3) is 0.600. The molecule has 4 heteroatoms. The number of ketones is 1. The van der Waals surface area contributed by atoms with Gasteiger partial charge in [-0.3, -0.25) is 9.59 Å². The molecule has 0 aliphatic carbocycles. The van der Waals surface area contributed by atoms with Crippen LogP contribution in [0.5, 0.6) is 0 Å². The maximum atomic E-state index is 12.1. The van der Waals surface area contributed by atoms with Gasteiger partial charge in [0.25, 0.3) is 0 Å². The van der Waals surface area contributed by atoms with Gasteiger partial charge in [0.15, 0.2) is 5.78 Å². The number of nitrogens with one attached hydrogen (secondary N) is 2. The Morgan fingerprint density at radius 2 is 2.21 bits per heavy atom. The first kappa shape index (κ1) is 14.0. The first-order chi connectivity index (χ1) is 8.99. The summed E-state index contributed by atoms with van der Waals surface area (Å²) in [5.74, 6) is 0.597. The summed E-state index contributed by atoms with van der Waals surface area (Å²) < 4.78 is 0. The minimum absolute atomic E-state index is 0.0343. The first-order valence-electron chi connectivity index (χ1n) is 6.92. The Morgan fingerprint density at radius 3 is 2.89 bits per heavy atom. The van der Waals surface area contributed by atoms with Crippen LogP contribution in [0, 0.1) is 11.3 Å². The molecule has 1 unspecified atom stereocenters. The molecule has 2 rings (SSSR count). The van der Waals surface area contributed by atoms with Crippen LogP contribution >= 0.6 is 0 Å². The SMILES string of the molecule is CC1(C)CNCCC1CCC(=O)c1cccc(=O)[nH]1. The van der Waals surface area contributed by atoms with Crippen molar-refractivity contribution in [3.63, 3.8) is 0 Å². The zero-order valence-corrected chi connectivity index (χ0v) is 11.7. The van der Waals surface area contributed by atoms with Crippen LogP contribution in [-0.2, 0) is 0 Å². The summed E-state index contributed by atoms with van der Waals surface area (Å²) in [6.45, 7) is 6.54. The Morgan fingerprint density at radius 1 is 1.42 bits per heavy atom. The second kappa shape index (κ2) is 5.70. The number of H-pyrrole nitrogens is 1. The van der Waals surface area contributed by atoms with E-state index in [1.807, 2.05) is 0 Å². The molecule has 1 fully saturated rings. The molecule has 4 nitrogen and oxygen atoms in total. The van der Waals surface area contributed by atoms with Crippen molar-refractivity contribution in [2.75, 3.05) is 13.1 Å². The minimum atomic E-state index is -0.215. The largest absolute Gasteiger partial charge is 0.319 e. The van der Waals surface area contributed by atoms with E-state index in [1.165, 1.54) is 6.07 Å². The number of carbonyl (C=O) groups excluding carboxylic acids is 1. The molecule has 1 aliphatic rings. The Labute approximate surface area is 113 Å². The summed E-state index contributed by atoms with van der Waals surface area (Å²) in [4.78, 5) is 25.9. The molecule has 1 atom stereocenters. The van der Waals surface area contributed by atoms with Crippen LogP contribution in [0.2, 0.25) is 0 Å². The van der Waals surface area contributed by atoms with E-state index in [0.29, 0.717) is 18.0 Å². The molecule has 1 aromatic rings. The van der Waals surface area contributed by atoms with Gasteiger partial charge in [-0.25, -0.2) is 0 Å². The molecule has 19 heavy (non-hydrogen) atoms. The van der Waals surface area contributed by atoms with Crippen molar-refractivity contribution in [3.8, 4) is 0 Å². The first-order valence-corrected chi connectivity index (χ1v) is 6.92. The lowest BCUT2D eigenvalue weighted by atomic mass is 9.72. The van der Waals surface area contributed by atoms with Gasteiger partial charge in [-0.2, -0.15) is 0 Å². The van der Waals surface area contributed by atoms with Crippen LogP contribution in [0.1, 0.15) is 43.6 Å². The maximum absolute atomic E-state index is 12.1. The number of aromatic amines is 1. The molecule has 0 spiro atoms. The van der Waals surface area contributed by atoms with E-state index < -0.39 is 0 Å². The van der Waals surface area contributed by atoms with Crippen LogP contribution in [0.25, 0.3) is 0 Å². The highest BCUT2D eigenvalue weighted by Gasteiger charge is 2.32. The van der Waals surface area contributed by atoms with Crippen molar-refractivity contribution >= 4 is 5.78 Å². The van der Waals surface area contributed by atoms with Crippen LogP contribution < -0.4 is 10.9 Å². The van der Waals surface area contributed by atoms with Gasteiger partial charge in [-0.05, 0) is 36.8 Å². The summed E-state index contributed by atoms with van der Waals surface area (Å²) in [5, 5.41) is 3.40. The fourth-order valence-electron chi connectivity index (χ4n) is 2.81. The van der Waals surface area contributed by atoms with Gasteiger partial charge in [0.05, 0.1) is 5.69 Å². The van der Waals surface area contributed by atoms with Gasteiger partial charge < -0.3 is 10.3 Å². The quantitative estimate of drug-likeness (QED) is 0.816. The van der Waals surface area contributed by atoms with Crippen molar-refractivity contribution in [3.05, 3.63) is 34.2 Å². The summed E-state index contributed by atoms with van der Waals surface area (Å²) in [6.07, 6.45) is 2.52. The topological polar surface area (TPSA) is 62.0 Å². The van der Waals surface area contributed by atoms with E-state index in [2.05, 4.69) is 24.1 Å². The highest BCUT2D eigenvalue weighted by molar-refractivity contribution is 5.94. The number of hydrogen-bond acceptors (Lipinski definition) is 3. The number of aromatic nitrogens is 1. The predicted molar refractivity (Wildman–Crippen MR) is 75.4 cm³/mol. The molecule has 0 bridgehead atoms. The number of Topliss-reactive ketones (excluding diaryl/α,β-unsaturated/α-hetero) is 1. The molecule has 2 N–H and O–H groups in total. The van der Waals surface area contributed by atoms with Crippen molar-refractivity contribution in [1.29, 1.82) is 0 Å². The second-order valence-corrected chi connectivity index (χ2v) is 6.04. The standard InChI is InChI=1S/C15H22N2O2/c1-15(2)10-16-9-8-11(15)6-7-13(18)12-4-3-5-14(19)17-12/h3-5,11,16H,6-10H2,1-2H3,(H,17,19). The third-order valence-electron chi connectivity index (χ3n) is 4.14. The molecule has 1 aromatic heterocycles. The molecule has 0 amide bonds. The van der Waals surface area contributed by atoms with Gasteiger partial charge in [0.1, 0.15) is 0 Å². The summed E-state index contributed by atoms with van der Waals surface area (Å²) >= 11 is 0. The predicted octanol–water partition coefficient (Wildman–Crippen LogP) is 1.97. The Kier molecular flexibility index (Phi) is 4.20. The molecule has 1 aliphatic heterocycles. The maximum Gasteiger partial charge on any atom is 0.248 e. The molecule has 0 radical (unpaired) electrons. The average Bonchev–Trinajstić information content (AvgIpc) is 2.36. The summed E-state index contributed by atoms with van der Waals surface area (Å²) in [6, 6.07) is 4.73. The van der Waals surface area contributed by atoms with Crippen molar-refractivity contribution in [1.82, 2.24) is 10.3 Å². The summed E-state index contributed by atoms with van der Waals surface area (Å²) in [5.41, 5.74) is 0.454. The number of carbonyl (C=O) groups is 1. The van der Waals surface area contributed by atoms with E-state index in [1.54, 1.807) is 12.1 Å². The number of piperidine rings is 1. The normalized spacial score (nSPS) is 22.1. The average molecular weight is 262 g/mol. The van der Waals surface area contributed by atoms with Crippen LogP contribution in [-0.4, -0.2) is 23.9 Å². The minimum Gasteiger partial charge on any atom is -0.319 e. The van der Waals surface area contributed by atoms with Crippen LogP contribution in [0.4, 0.5) is 0 Å².